The van der Waals surface area contributed by atoms with Gasteiger partial charge in [-0.3, -0.25) is 4.57 Å². The molecule has 5 rings (SSSR count). The van der Waals surface area contributed by atoms with Gasteiger partial charge < -0.3 is 4.74 Å². The zero-order valence-corrected chi connectivity index (χ0v) is 18.2. The lowest BCUT2D eigenvalue weighted by molar-refractivity contribution is 0.0953. The molecule has 0 saturated carbocycles. The first kappa shape index (κ1) is 19.0. The third kappa shape index (κ3) is 4.30. The normalized spacial score (nSPS) is 16.5. The minimum atomic E-state index is 0.244. The van der Waals surface area contributed by atoms with Crippen molar-refractivity contribution < 1.29 is 4.74 Å². The van der Waals surface area contributed by atoms with Gasteiger partial charge in [-0.15, -0.1) is 32.9 Å². The number of aromatic nitrogens is 4. The molecular weight excluding hydrogens is 420 g/mol. The highest BCUT2D eigenvalue weighted by molar-refractivity contribution is 7.98. The van der Waals surface area contributed by atoms with Crippen LogP contribution in [0.5, 0.6) is 0 Å². The first-order chi connectivity index (χ1) is 14.4. The van der Waals surface area contributed by atoms with Crippen molar-refractivity contribution in [3.63, 3.8) is 0 Å². The molecule has 1 saturated heterocycles. The van der Waals surface area contributed by atoms with Crippen LogP contribution in [0, 0.1) is 0 Å². The van der Waals surface area contributed by atoms with E-state index < -0.39 is 0 Å². The summed E-state index contributed by atoms with van der Waals surface area (Å²) in [5, 5.41) is 15.2. The Morgan fingerprint density at radius 3 is 2.83 bits per heavy atom. The molecule has 1 fully saturated rings. The molecule has 5 nitrogen and oxygen atoms in total. The van der Waals surface area contributed by atoms with E-state index in [1.807, 2.05) is 18.2 Å². The summed E-state index contributed by atoms with van der Waals surface area (Å²) in [6.45, 7) is 1.65. The number of hydrogen-bond acceptors (Lipinski definition) is 7. The van der Waals surface area contributed by atoms with E-state index in [1.54, 1.807) is 34.4 Å². The molecule has 148 valence electrons. The second-order valence-corrected chi connectivity index (χ2v) is 9.58. The van der Waals surface area contributed by atoms with Crippen molar-refractivity contribution >= 4 is 34.4 Å². The largest absolute Gasteiger partial charge is 0.376 e. The van der Waals surface area contributed by atoms with Crippen molar-refractivity contribution in [2.45, 2.75) is 36.4 Å². The molecule has 1 aromatic carbocycles. The topological polar surface area (TPSA) is 52.8 Å². The zero-order valence-electron chi connectivity index (χ0n) is 15.7. The number of thiophene rings is 1. The number of thiazole rings is 1. The van der Waals surface area contributed by atoms with Gasteiger partial charge in [-0.05, 0) is 24.3 Å². The van der Waals surface area contributed by atoms with E-state index in [9.17, 15) is 0 Å². The number of benzene rings is 1. The van der Waals surface area contributed by atoms with Gasteiger partial charge in [0.05, 0.1) is 23.2 Å². The van der Waals surface area contributed by atoms with Crippen LogP contribution in [0.15, 0.2) is 58.4 Å². The van der Waals surface area contributed by atoms with Gasteiger partial charge in [0, 0.05) is 23.3 Å². The highest BCUT2D eigenvalue weighted by Gasteiger charge is 2.22. The van der Waals surface area contributed by atoms with E-state index >= 15 is 0 Å². The molecule has 0 bridgehead atoms. The predicted octanol–water partition coefficient (Wildman–Crippen LogP) is 5.60. The van der Waals surface area contributed by atoms with Crippen LogP contribution in [0.2, 0.25) is 0 Å². The summed E-state index contributed by atoms with van der Waals surface area (Å²) < 4.78 is 8.10. The van der Waals surface area contributed by atoms with Gasteiger partial charge in [-0.25, -0.2) is 4.98 Å². The molecule has 3 aromatic heterocycles. The second kappa shape index (κ2) is 8.79. The number of rotatable bonds is 7. The molecule has 1 aliphatic heterocycles. The van der Waals surface area contributed by atoms with Crippen LogP contribution < -0.4 is 0 Å². The number of hydrogen-bond donors (Lipinski definition) is 0. The Morgan fingerprint density at radius 1 is 1.10 bits per heavy atom. The summed E-state index contributed by atoms with van der Waals surface area (Å²) in [4.78, 5) is 5.94. The first-order valence-electron chi connectivity index (χ1n) is 9.58. The van der Waals surface area contributed by atoms with Crippen LogP contribution in [0.4, 0.5) is 0 Å². The number of thioether (sulfide) groups is 1. The molecule has 0 N–H and O–H groups in total. The molecule has 0 unspecified atom stereocenters. The fourth-order valence-corrected chi connectivity index (χ4v) is 5.85. The Balaban J connectivity index is 1.35. The monoisotopic (exact) mass is 440 g/mol. The smallest absolute Gasteiger partial charge is 0.191 e. The molecule has 1 aliphatic rings. The molecular formula is C21H20N4OS3. The summed E-state index contributed by atoms with van der Waals surface area (Å²) in [7, 11) is 0. The lowest BCUT2D eigenvalue weighted by Crippen LogP contribution is -2.16. The van der Waals surface area contributed by atoms with Crippen LogP contribution in [0.1, 0.15) is 18.5 Å². The average molecular weight is 441 g/mol. The molecule has 0 radical (unpaired) electrons. The standard InChI is InChI=1S/C21H20N4OS3/c1-2-6-15(7-3-1)20-22-16(13-28-20)14-29-21-24-23-19(18-9-5-11-27-18)25(21)12-17-8-4-10-26-17/h1-3,5-7,9,11,13,17H,4,8,10,12,14H2/t17-/m0/s1. The van der Waals surface area contributed by atoms with E-state index in [-0.39, 0.29) is 6.10 Å². The maximum atomic E-state index is 5.88. The molecule has 29 heavy (non-hydrogen) atoms. The SMILES string of the molecule is c1ccc(-c2nc(CSc3nnc(-c4cccs4)n3C[C@@H]3CCCO3)cs2)cc1. The quantitative estimate of drug-likeness (QED) is 0.350. The van der Waals surface area contributed by atoms with Crippen molar-refractivity contribution in [1.82, 2.24) is 19.7 Å². The average Bonchev–Trinajstić information content (AvgIpc) is 3.54. The van der Waals surface area contributed by atoms with Crippen molar-refractivity contribution in [1.29, 1.82) is 0 Å². The summed E-state index contributed by atoms with van der Waals surface area (Å²) in [6, 6.07) is 14.5. The van der Waals surface area contributed by atoms with Crippen LogP contribution in [0.25, 0.3) is 21.3 Å². The molecule has 4 heterocycles. The maximum Gasteiger partial charge on any atom is 0.191 e. The summed E-state index contributed by atoms with van der Waals surface area (Å²) in [5.74, 6) is 1.71. The Kier molecular flexibility index (Phi) is 5.76. The number of nitrogens with zero attached hydrogens (tertiary/aromatic N) is 4. The lowest BCUT2D eigenvalue weighted by atomic mass is 10.2. The third-order valence-electron chi connectivity index (χ3n) is 4.79. The van der Waals surface area contributed by atoms with Crippen molar-refractivity contribution in [3.8, 4) is 21.3 Å². The highest BCUT2D eigenvalue weighted by Crippen LogP contribution is 2.31. The molecule has 1 atom stereocenters. The molecule has 4 aromatic rings. The van der Waals surface area contributed by atoms with Crippen LogP contribution in [0.3, 0.4) is 0 Å². The van der Waals surface area contributed by atoms with E-state index in [0.717, 1.165) is 63.9 Å². The number of ether oxygens (including phenoxy) is 1. The van der Waals surface area contributed by atoms with Crippen LogP contribution in [-0.4, -0.2) is 32.5 Å². The Labute approximate surface area is 181 Å². The highest BCUT2D eigenvalue weighted by atomic mass is 32.2. The van der Waals surface area contributed by atoms with Gasteiger partial charge in [0.1, 0.15) is 5.01 Å². The van der Waals surface area contributed by atoms with E-state index in [0.29, 0.717) is 0 Å². The second-order valence-electron chi connectivity index (χ2n) is 6.83. The Morgan fingerprint density at radius 2 is 2.03 bits per heavy atom. The molecule has 8 heteroatoms. The van der Waals surface area contributed by atoms with Gasteiger partial charge in [0.15, 0.2) is 11.0 Å². The van der Waals surface area contributed by atoms with Gasteiger partial charge in [-0.1, -0.05) is 48.2 Å². The third-order valence-corrected chi connectivity index (χ3v) is 7.60. The minimum Gasteiger partial charge on any atom is -0.376 e. The lowest BCUT2D eigenvalue weighted by Gasteiger charge is -2.14. The van der Waals surface area contributed by atoms with Crippen molar-refractivity contribution in [3.05, 3.63) is 58.9 Å². The summed E-state index contributed by atoms with van der Waals surface area (Å²) in [6.07, 6.45) is 2.47. The van der Waals surface area contributed by atoms with Gasteiger partial charge in [0.2, 0.25) is 0 Å². The minimum absolute atomic E-state index is 0.244. The summed E-state index contributed by atoms with van der Waals surface area (Å²) in [5.41, 5.74) is 2.23. The van der Waals surface area contributed by atoms with Gasteiger partial charge in [0.25, 0.3) is 0 Å². The maximum absolute atomic E-state index is 5.88. The van der Waals surface area contributed by atoms with Crippen molar-refractivity contribution in [2.24, 2.45) is 0 Å². The Hall–Kier alpha value is -2.00. The van der Waals surface area contributed by atoms with Crippen molar-refractivity contribution in [2.75, 3.05) is 6.61 Å². The Bertz CT molecular complexity index is 1050. The predicted molar refractivity (Wildman–Crippen MR) is 119 cm³/mol. The summed E-state index contributed by atoms with van der Waals surface area (Å²) >= 11 is 5.07. The fraction of sp³-hybridized carbons (Fsp3) is 0.286. The van der Waals surface area contributed by atoms with E-state index in [4.69, 9.17) is 9.72 Å². The van der Waals surface area contributed by atoms with Gasteiger partial charge in [-0.2, -0.15) is 0 Å². The van der Waals surface area contributed by atoms with Crippen LogP contribution >= 0.6 is 34.4 Å². The van der Waals surface area contributed by atoms with E-state index in [2.05, 4.69) is 49.8 Å². The molecule has 0 spiro atoms. The van der Waals surface area contributed by atoms with E-state index in [1.165, 1.54) is 0 Å². The van der Waals surface area contributed by atoms with Crippen LogP contribution in [-0.2, 0) is 17.0 Å². The molecule has 0 amide bonds. The van der Waals surface area contributed by atoms with Gasteiger partial charge >= 0.3 is 0 Å². The molecule has 0 aliphatic carbocycles. The zero-order chi connectivity index (χ0) is 19.5. The first-order valence-corrected chi connectivity index (χ1v) is 12.3. The fourth-order valence-electron chi connectivity index (χ4n) is 3.37.